The first-order chi connectivity index (χ1) is 13.6. The van der Waals surface area contributed by atoms with Crippen molar-refractivity contribution >= 4 is 40.9 Å². The number of amidine groups is 2. The van der Waals surface area contributed by atoms with E-state index in [0.717, 1.165) is 4.90 Å². The number of aliphatic imine (C=N–C) groups is 2. The molecule has 0 unspecified atom stereocenters. The van der Waals surface area contributed by atoms with E-state index in [-0.39, 0.29) is 22.0 Å². The number of carbonyl (C=O) groups excluding carboxylic acids is 2. The highest BCUT2D eigenvalue weighted by Crippen LogP contribution is 2.26. The molecular weight excluding hydrogens is 411 g/mol. The number of hydrogen-bond donors (Lipinski definition) is 1. The van der Waals surface area contributed by atoms with E-state index >= 15 is 0 Å². The number of aromatic nitrogens is 1. The summed E-state index contributed by atoms with van der Waals surface area (Å²) in [6.45, 7) is 1.32. The van der Waals surface area contributed by atoms with Crippen molar-refractivity contribution in [3.05, 3.63) is 58.7 Å². The minimum absolute atomic E-state index is 0.0217. The zero-order valence-electron chi connectivity index (χ0n) is 14.8. The second kappa shape index (κ2) is 7.63. The molecule has 0 saturated heterocycles. The van der Waals surface area contributed by atoms with Gasteiger partial charge in [0.15, 0.2) is 11.7 Å². The summed E-state index contributed by atoms with van der Waals surface area (Å²) in [5.41, 5.74) is 5.31. The molecule has 0 aliphatic carbocycles. The van der Waals surface area contributed by atoms with Crippen molar-refractivity contribution in [3.8, 4) is 0 Å². The number of nitrogens with two attached hydrogens (primary N) is 1. The van der Waals surface area contributed by atoms with E-state index in [0.29, 0.717) is 0 Å². The van der Waals surface area contributed by atoms with Gasteiger partial charge in [-0.25, -0.2) is 15.0 Å². The smallest absolute Gasteiger partial charge is 0.380 e. The molecule has 2 aromatic rings. The van der Waals surface area contributed by atoms with Gasteiger partial charge in [0.1, 0.15) is 0 Å². The molecule has 29 heavy (non-hydrogen) atoms. The summed E-state index contributed by atoms with van der Waals surface area (Å²) in [6.07, 6.45) is -3.68. The summed E-state index contributed by atoms with van der Waals surface area (Å²) in [7, 11) is 0. The average Bonchev–Trinajstić information content (AvgIpc) is 2.92. The van der Waals surface area contributed by atoms with E-state index in [2.05, 4.69) is 15.0 Å². The van der Waals surface area contributed by atoms with Crippen LogP contribution in [0.1, 0.15) is 27.6 Å². The Morgan fingerprint density at radius 2 is 1.72 bits per heavy atom. The number of rotatable bonds is 3. The molecule has 150 valence electrons. The minimum atomic E-state index is -4.92. The number of benzene rings is 1. The Bertz CT molecular complexity index is 1000. The van der Waals surface area contributed by atoms with Crippen molar-refractivity contribution in [2.24, 2.45) is 15.7 Å². The van der Waals surface area contributed by atoms with Gasteiger partial charge in [-0.15, -0.1) is 0 Å². The molecule has 2 heterocycles. The first-order valence-corrected chi connectivity index (χ1v) is 8.56. The molecule has 2 amide bonds. The number of fused-ring (bicyclic) bond motifs is 1. The van der Waals surface area contributed by atoms with E-state index < -0.39 is 35.7 Å². The summed E-state index contributed by atoms with van der Waals surface area (Å²) in [5.74, 6) is -3.55. The fraction of sp³-hybridized carbons (Fsp3) is 0.167. The molecule has 1 atom stereocenters. The van der Waals surface area contributed by atoms with Gasteiger partial charge in [0.25, 0.3) is 11.8 Å². The Balaban J connectivity index is 2.06. The lowest BCUT2D eigenvalue weighted by Gasteiger charge is -2.22. The van der Waals surface area contributed by atoms with Crippen molar-refractivity contribution < 1.29 is 22.8 Å². The summed E-state index contributed by atoms with van der Waals surface area (Å²) < 4.78 is 38.8. The Morgan fingerprint density at radius 3 is 2.21 bits per heavy atom. The number of alkyl halides is 3. The molecule has 7 nitrogen and oxygen atoms in total. The van der Waals surface area contributed by atoms with Crippen LogP contribution in [0.4, 0.5) is 19.0 Å². The van der Waals surface area contributed by atoms with Crippen molar-refractivity contribution in [1.29, 1.82) is 0 Å². The molecular formula is C18H13ClF3N5O2. The summed E-state index contributed by atoms with van der Waals surface area (Å²) in [6, 6.07) is 7.57. The number of hydrogen-bond acceptors (Lipinski definition) is 4. The molecule has 0 saturated carbocycles. The lowest BCUT2D eigenvalue weighted by Crippen LogP contribution is -2.43. The maximum Gasteiger partial charge on any atom is 0.449 e. The summed E-state index contributed by atoms with van der Waals surface area (Å²) >= 11 is 5.74. The molecule has 1 aliphatic heterocycles. The van der Waals surface area contributed by atoms with Crippen molar-refractivity contribution in [3.63, 3.8) is 0 Å². The van der Waals surface area contributed by atoms with Crippen LogP contribution < -0.4 is 5.73 Å². The molecule has 1 aromatic heterocycles. The van der Waals surface area contributed by atoms with E-state index in [9.17, 15) is 22.8 Å². The van der Waals surface area contributed by atoms with Crippen LogP contribution in [0.5, 0.6) is 0 Å². The largest absolute Gasteiger partial charge is 0.449 e. The zero-order chi connectivity index (χ0) is 21.3. The number of carbonyl (C=O) groups is 2. The predicted molar refractivity (Wildman–Crippen MR) is 100 cm³/mol. The number of imide groups is 1. The van der Waals surface area contributed by atoms with Crippen LogP contribution in [-0.4, -0.2) is 45.6 Å². The fourth-order valence-electron chi connectivity index (χ4n) is 2.63. The Labute approximate surface area is 167 Å². The number of amides is 2. The van der Waals surface area contributed by atoms with Crippen LogP contribution in [0.15, 0.2) is 52.6 Å². The van der Waals surface area contributed by atoms with E-state index in [4.69, 9.17) is 17.3 Å². The van der Waals surface area contributed by atoms with Gasteiger partial charge in [-0.2, -0.15) is 13.2 Å². The van der Waals surface area contributed by atoms with Crippen LogP contribution in [0.3, 0.4) is 0 Å². The highest BCUT2D eigenvalue weighted by atomic mass is 35.5. The number of pyridine rings is 1. The number of nitrogens with zero attached hydrogens (tertiary/aromatic N) is 4. The quantitative estimate of drug-likeness (QED) is 0.464. The van der Waals surface area contributed by atoms with Crippen molar-refractivity contribution in [2.75, 3.05) is 0 Å². The van der Waals surface area contributed by atoms with Crippen molar-refractivity contribution in [1.82, 2.24) is 9.88 Å². The standard InChI is InChI=1S/C18H13ClF3N5O2/c1-9(27-15(28)11-4-2-3-5-12(11)16(27)29)14(26-17(23)18(20,21)22)25-13-7-6-10(19)8-24-13/h2-9H,1H3,(H2,23,24,25,26)/t9-/m0/s1. The molecule has 11 heteroatoms. The van der Waals surface area contributed by atoms with Crippen LogP contribution >= 0.6 is 11.6 Å². The molecule has 2 N–H and O–H groups in total. The van der Waals surface area contributed by atoms with Crippen LogP contribution in [0.25, 0.3) is 0 Å². The van der Waals surface area contributed by atoms with Gasteiger partial charge in [0.05, 0.1) is 22.2 Å². The molecule has 0 bridgehead atoms. The SMILES string of the molecule is C[C@@H](C(=Nc1ccc(Cl)cn1)N=C(N)C(F)(F)F)N1C(=O)c2ccccc2C1=O. The average molecular weight is 424 g/mol. The minimum Gasteiger partial charge on any atom is -0.380 e. The molecule has 0 spiro atoms. The molecule has 1 aliphatic rings. The maximum absolute atomic E-state index is 12.9. The van der Waals surface area contributed by atoms with Gasteiger partial charge in [-0.1, -0.05) is 23.7 Å². The second-order valence-electron chi connectivity index (χ2n) is 6.00. The monoisotopic (exact) mass is 423 g/mol. The molecule has 3 rings (SSSR count). The van der Waals surface area contributed by atoms with Gasteiger partial charge in [0.2, 0.25) is 5.84 Å². The highest BCUT2D eigenvalue weighted by molar-refractivity contribution is 6.30. The molecule has 0 radical (unpaired) electrons. The predicted octanol–water partition coefficient (Wildman–Crippen LogP) is 3.37. The first-order valence-electron chi connectivity index (χ1n) is 8.18. The Morgan fingerprint density at radius 1 is 1.14 bits per heavy atom. The third-order valence-electron chi connectivity index (χ3n) is 4.05. The second-order valence-corrected chi connectivity index (χ2v) is 6.44. The fourth-order valence-corrected chi connectivity index (χ4v) is 2.74. The highest BCUT2D eigenvalue weighted by Gasteiger charge is 2.41. The lowest BCUT2D eigenvalue weighted by atomic mass is 10.1. The van der Waals surface area contributed by atoms with E-state index in [1.807, 2.05) is 0 Å². The van der Waals surface area contributed by atoms with Crippen LogP contribution in [0.2, 0.25) is 5.02 Å². The summed E-state index contributed by atoms with van der Waals surface area (Å²) in [5, 5.41) is 0.289. The topological polar surface area (TPSA) is 101 Å². The van der Waals surface area contributed by atoms with Crippen LogP contribution in [0, 0.1) is 0 Å². The van der Waals surface area contributed by atoms with Crippen molar-refractivity contribution in [2.45, 2.75) is 19.1 Å². The number of halogens is 4. The Hall–Kier alpha value is -3.27. The Kier molecular flexibility index (Phi) is 5.38. The lowest BCUT2D eigenvalue weighted by molar-refractivity contribution is -0.0597. The summed E-state index contributed by atoms with van der Waals surface area (Å²) in [4.78, 5) is 37.3. The zero-order valence-corrected chi connectivity index (χ0v) is 15.6. The third-order valence-corrected chi connectivity index (χ3v) is 4.28. The van der Waals surface area contributed by atoms with Gasteiger partial charge in [-0.05, 0) is 31.2 Å². The van der Waals surface area contributed by atoms with E-state index in [1.165, 1.54) is 37.4 Å². The molecule has 0 fully saturated rings. The van der Waals surface area contributed by atoms with Gasteiger partial charge < -0.3 is 5.73 Å². The van der Waals surface area contributed by atoms with Gasteiger partial charge in [-0.3, -0.25) is 14.5 Å². The first kappa shape index (κ1) is 20.5. The normalized spacial score (nSPS) is 16.2. The van der Waals surface area contributed by atoms with E-state index in [1.54, 1.807) is 12.1 Å². The molecule has 1 aromatic carbocycles. The third kappa shape index (κ3) is 4.11. The van der Waals surface area contributed by atoms with Gasteiger partial charge >= 0.3 is 6.18 Å². The van der Waals surface area contributed by atoms with Crippen LogP contribution in [-0.2, 0) is 0 Å². The maximum atomic E-state index is 12.9. The van der Waals surface area contributed by atoms with Gasteiger partial charge in [0, 0.05) is 6.20 Å².